The molecule has 0 spiro atoms. The number of carbonyl (C=O) groups is 2. The average molecular weight is 472 g/mol. The van der Waals surface area contributed by atoms with Crippen molar-refractivity contribution in [2.75, 3.05) is 47.8 Å². The third-order valence-electron chi connectivity index (χ3n) is 6.22. The molecule has 0 saturated carbocycles. The molecule has 3 aromatic rings. The second-order valence-electron chi connectivity index (χ2n) is 8.30. The molecule has 3 heterocycles. The van der Waals surface area contributed by atoms with E-state index in [1.165, 1.54) is 11.3 Å². The first-order chi connectivity index (χ1) is 16.6. The van der Waals surface area contributed by atoms with Crippen molar-refractivity contribution < 1.29 is 9.59 Å². The number of rotatable bonds is 4. The minimum Gasteiger partial charge on any atom is -0.366 e. The van der Waals surface area contributed by atoms with Gasteiger partial charge in [0.2, 0.25) is 5.91 Å². The van der Waals surface area contributed by atoms with Gasteiger partial charge in [0.15, 0.2) is 5.01 Å². The standard InChI is InChI=1S/C26H25N5O2S/c1-2-24-27-23(18-34-24)28-26(33)30-15-13-29(14-16-30)21-11-10-20(19-7-4-3-5-8-19)17-22(21)31-12-6-9-25(31)32/h1,3-5,7-8,10-11,17-18H,6,9,12-16H2,(H,28,33). The largest absolute Gasteiger partial charge is 0.366 e. The smallest absolute Gasteiger partial charge is 0.323 e. The molecule has 34 heavy (non-hydrogen) atoms. The van der Waals surface area contributed by atoms with Gasteiger partial charge in [0, 0.05) is 44.5 Å². The Morgan fingerprint density at radius 1 is 1.00 bits per heavy atom. The van der Waals surface area contributed by atoms with Crippen LogP contribution in [0.4, 0.5) is 22.0 Å². The fourth-order valence-electron chi connectivity index (χ4n) is 4.46. The summed E-state index contributed by atoms with van der Waals surface area (Å²) in [4.78, 5) is 35.5. The highest BCUT2D eigenvalue weighted by Crippen LogP contribution is 2.37. The van der Waals surface area contributed by atoms with Crippen LogP contribution in [0.1, 0.15) is 17.8 Å². The van der Waals surface area contributed by atoms with Crippen molar-refractivity contribution in [3.05, 3.63) is 58.9 Å². The Kier molecular flexibility index (Phi) is 6.19. The molecule has 0 unspecified atom stereocenters. The molecule has 1 aromatic heterocycles. The number of amides is 3. The molecule has 3 amide bonds. The number of aromatic nitrogens is 1. The molecule has 2 fully saturated rings. The zero-order valence-electron chi connectivity index (χ0n) is 18.7. The number of thiazole rings is 1. The van der Waals surface area contributed by atoms with Gasteiger partial charge < -0.3 is 14.7 Å². The van der Waals surface area contributed by atoms with Crippen LogP contribution in [0.3, 0.4) is 0 Å². The van der Waals surface area contributed by atoms with Gasteiger partial charge in [-0.25, -0.2) is 9.78 Å². The van der Waals surface area contributed by atoms with Crippen molar-refractivity contribution in [2.45, 2.75) is 12.8 Å². The highest BCUT2D eigenvalue weighted by molar-refractivity contribution is 7.10. The molecule has 5 rings (SSSR count). The summed E-state index contributed by atoms with van der Waals surface area (Å²) in [6.45, 7) is 3.25. The van der Waals surface area contributed by atoms with E-state index >= 15 is 0 Å². The van der Waals surface area contributed by atoms with Crippen LogP contribution in [0.2, 0.25) is 0 Å². The minimum atomic E-state index is -0.178. The van der Waals surface area contributed by atoms with Crippen LogP contribution in [0.25, 0.3) is 11.1 Å². The molecule has 172 valence electrons. The Morgan fingerprint density at radius 3 is 2.47 bits per heavy atom. The molecule has 2 saturated heterocycles. The van der Waals surface area contributed by atoms with Gasteiger partial charge in [-0.3, -0.25) is 10.1 Å². The summed E-state index contributed by atoms with van der Waals surface area (Å²) >= 11 is 1.33. The van der Waals surface area contributed by atoms with E-state index in [-0.39, 0.29) is 11.9 Å². The quantitative estimate of drug-likeness (QED) is 0.577. The van der Waals surface area contributed by atoms with Gasteiger partial charge in [-0.15, -0.1) is 17.8 Å². The molecular formula is C26H25N5O2S. The van der Waals surface area contributed by atoms with E-state index in [4.69, 9.17) is 6.42 Å². The first-order valence-electron chi connectivity index (χ1n) is 11.4. The van der Waals surface area contributed by atoms with Crippen LogP contribution in [-0.4, -0.2) is 54.5 Å². The topological polar surface area (TPSA) is 68.8 Å². The van der Waals surface area contributed by atoms with Gasteiger partial charge in [0.25, 0.3) is 0 Å². The molecule has 1 N–H and O–H groups in total. The molecule has 8 heteroatoms. The Hall–Kier alpha value is -3.83. The van der Waals surface area contributed by atoms with Gasteiger partial charge in [-0.2, -0.15) is 0 Å². The Labute approximate surface area is 203 Å². The lowest BCUT2D eigenvalue weighted by Gasteiger charge is -2.37. The predicted octanol–water partition coefficient (Wildman–Crippen LogP) is 4.27. The average Bonchev–Trinajstić information content (AvgIpc) is 3.53. The number of carbonyl (C=O) groups excluding carboxylic acids is 2. The van der Waals surface area contributed by atoms with Crippen molar-refractivity contribution in [3.8, 4) is 23.5 Å². The van der Waals surface area contributed by atoms with Crippen molar-refractivity contribution in [1.29, 1.82) is 0 Å². The second kappa shape index (κ2) is 9.57. The number of hydrogen-bond acceptors (Lipinski definition) is 5. The van der Waals surface area contributed by atoms with Crippen molar-refractivity contribution >= 4 is 40.5 Å². The maximum Gasteiger partial charge on any atom is 0.323 e. The second-order valence-corrected chi connectivity index (χ2v) is 9.16. The molecule has 0 radical (unpaired) electrons. The third kappa shape index (κ3) is 4.47. The lowest BCUT2D eigenvalue weighted by molar-refractivity contribution is -0.117. The zero-order chi connectivity index (χ0) is 23.5. The van der Waals surface area contributed by atoms with Crippen LogP contribution in [0.5, 0.6) is 0 Å². The maximum atomic E-state index is 12.7. The zero-order valence-corrected chi connectivity index (χ0v) is 19.6. The van der Waals surface area contributed by atoms with E-state index in [0.717, 1.165) is 35.5 Å². The first-order valence-corrected chi connectivity index (χ1v) is 12.2. The van der Waals surface area contributed by atoms with Gasteiger partial charge in [0.1, 0.15) is 5.82 Å². The molecule has 0 aliphatic carbocycles. The fraction of sp³-hybridized carbons (Fsp3) is 0.269. The predicted molar refractivity (Wildman–Crippen MR) is 136 cm³/mol. The highest BCUT2D eigenvalue weighted by Gasteiger charge is 2.28. The van der Waals surface area contributed by atoms with Crippen LogP contribution in [0, 0.1) is 12.3 Å². The van der Waals surface area contributed by atoms with Crippen LogP contribution >= 0.6 is 11.3 Å². The Balaban J connectivity index is 1.33. The Morgan fingerprint density at radius 2 is 1.79 bits per heavy atom. The van der Waals surface area contributed by atoms with Crippen LogP contribution < -0.4 is 15.1 Å². The number of nitrogens with one attached hydrogen (secondary N) is 1. The highest BCUT2D eigenvalue weighted by atomic mass is 32.1. The fourth-order valence-corrected chi connectivity index (χ4v) is 5.01. The normalized spacial score (nSPS) is 16.0. The number of hydrogen-bond donors (Lipinski definition) is 1. The van der Waals surface area contributed by atoms with Crippen molar-refractivity contribution in [1.82, 2.24) is 9.88 Å². The molecule has 2 aliphatic heterocycles. The van der Waals surface area contributed by atoms with Crippen molar-refractivity contribution in [3.63, 3.8) is 0 Å². The molecule has 2 aromatic carbocycles. The lowest BCUT2D eigenvalue weighted by Crippen LogP contribution is -2.50. The number of anilines is 3. The van der Waals surface area contributed by atoms with Crippen LogP contribution in [0.15, 0.2) is 53.9 Å². The summed E-state index contributed by atoms with van der Waals surface area (Å²) in [5.41, 5.74) is 4.20. The maximum absolute atomic E-state index is 12.7. The van der Waals surface area contributed by atoms with E-state index in [9.17, 15) is 9.59 Å². The monoisotopic (exact) mass is 471 g/mol. The molecule has 0 bridgehead atoms. The SMILES string of the molecule is C#Cc1nc(NC(=O)N2CCN(c3ccc(-c4ccccc4)cc3N3CCCC3=O)CC2)cs1. The van der Waals surface area contributed by atoms with Gasteiger partial charge in [-0.1, -0.05) is 36.4 Å². The number of urea groups is 1. The molecular weight excluding hydrogens is 446 g/mol. The number of terminal acetylenes is 1. The summed E-state index contributed by atoms with van der Waals surface area (Å²) < 4.78 is 0. The summed E-state index contributed by atoms with van der Waals surface area (Å²) in [6, 6.07) is 16.4. The number of nitrogens with zero attached hydrogens (tertiary/aromatic N) is 4. The summed E-state index contributed by atoms with van der Waals surface area (Å²) in [6.07, 6.45) is 6.82. The molecule has 0 atom stereocenters. The van der Waals surface area contributed by atoms with Gasteiger partial charge in [0.05, 0.1) is 11.4 Å². The van der Waals surface area contributed by atoms with Gasteiger partial charge >= 0.3 is 6.03 Å². The summed E-state index contributed by atoms with van der Waals surface area (Å²) in [5.74, 6) is 3.13. The summed E-state index contributed by atoms with van der Waals surface area (Å²) in [7, 11) is 0. The Bertz CT molecular complexity index is 1240. The number of piperazine rings is 1. The molecule has 2 aliphatic rings. The molecule has 7 nitrogen and oxygen atoms in total. The number of benzene rings is 2. The minimum absolute atomic E-state index is 0.166. The van der Waals surface area contributed by atoms with E-state index in [1.807, 2.05) is 23.1 Å². The van der Waals surface area contributed by atoms with Crippen molar-refractivity contribution in [2.24, 2.45) is 0 Å². The van der Waals surface area contributed by atoms with E-state index in [2.05, 4.69) is 51.5 Å². The van der Waals surface area contributed by atoms with E-state index in [1.54, 1.807) is 10.3 Å². The van der Waals surface area contributed by atoms with E-state index < -0.39 is 0 Å². The van der Waals surface area contributed by atoms with Gasteiger partial charge in [-0.05, 0) is 35.6 Å². The van der Waals surface area contributed by atoms with E-state index in [0.29, 0.717) is 43.4 Å². The van der Waals surface area contributed by atoms with Crippen LogP contribution in [-0.2, 0) is 4.79 Å². The first kappa shape index (κ1) is 22.0. The summed E-state index contributed by atoms with van der Waals surface area (Å²) in [5, 5.41) is 5.12. The lowest BCUT2D eigenvalue weighted by atomic mass is 10.0. The third-order valence-corrected chi connectivity index (χ3v) is 6.99.